The lowest BCUT2D eigenvalue weighted by Gasteiger charge is -2.30. The second kappa shape index (κ2) is 10.0. The molecule has 0 spiro atoms. The third kappa shape index (κ3) is 7.18. The highest BCUT2D eigenvalue weighted by molar-refractivity contribution is 7.80. The van der Waals surface area contributed by atoms with Crippen LogP contribution in [0.5, 0.6) is 11.5 Å². The predicted molar refractivity (Wildman–Crippen MR) is 119 cm³/mol. The van der Waals surface area contributed by atoms with Gasteiger partial charge in [0.25, 0.3) is 5.91 Å². The summed E-state index contributed by atoms with van der Waals surface area (Å²) in [6.45, 7) is 0.712. The standard InChI is InChI=1S/C20H17F6N3O3S2/c1-18(17(28)34,29-16(30)10-2-5-12(6-3-10)32-20(24,25)26)9-31-14-7-4-11(15(27)33)8-13(14)19(21,22)23/h2-8H,9H2,1H3,(H2,27,33)(H2,28,34)(H,29,30)/t18-/m0/s1. The molecule has 0 aliphatic heterocycles. The summed E-state index contributed by atoms with van der Waals surface area (Å²) >= 11 is 9.64. The normalized spacial score (nSPS) is 13.5. The molecule has 0 fully saturated rings. The van der Waals surface area contributed by atoms with E-state index in [2.05, 4.69) is 10.1 Å². The van der Waals surface area contributed by atoms with Crippen LogP contribution in [0.2, 0.25) is 0 Å². The average Bonchev–Trinajstić information content (AvgIpc) is 2.70. The van der Waals surface area contributed by atoms with Crippen molar-refractivity contribution in [2.45, 2.75) is 25.0 Å². The van der Waals surface area contributed by atoms with E-state index in [0.717, 1.165) is 36.4 Å². The Morgan fingerprint density at radius 3 is 2.00 bits per heavy atom. The summed E-state index contributed by atoms with van der Waals surface area (Å²) in [6, 6.07) is 6.89. The average molecular weight is 525 g/mol. The Kier molecular flexibility index (Phi) is 7.98. The molecule has 0 aromatic heterocycles. The Labute approximate surface area is 200 Å². The summed E-state index contributed by atoms with van der Waals surface area (Å²) in [5.41, 5.74) is 8.16. The van der Waals surface area contributed by atoms with Gasteiger partial charge < -0.3 is 26.3 Å². The van der Waals surface area contributed by atoms with Gasteiger partial charge in [0.05, 0.1) is 5.56 Å². The van der Waals surface area contributed by atoms with E-state index in [1.54, 1.807) is 0 Å². The Hall–Kier alpha value is -3.13. The lowest BCUT2D eigenvalue weighted by atomic mass is 10.0. The van der Waals surface area contributed by atoms with Crippen LogP contribution >= 0.6 is 24.4 Å². The van der Waals surface area contributed by atoms with Crippen molar-refractivity contribution in [3.63, 3.8) is 0 Å². The monoisotopic (exact) mass is 525 g/mol. The van der Waals surface area contributed by atoms with E-state index < -0.39 is 47.7 Å². The first-order valence-corrected chi connectivity index (χ1v) is 9.95. The van der Waals surface area contributed by atoms with E-state index in [4.69, 9.17) is 40.6 Å². The van der Waals surface area contributed by atoms with Gasteiger partial charge in [-0.05, 0) is 49.4 Å². The first kappa shape index (κ1) is 27.1. The van der Waals surface area contributed by atoms with Crippen LogP contribution in [-0.4, -0.2) is 34.4 Å². The van der Waals surface area contributed by atoms with Gasteiger partial charge in [-0.15, -0.1) is 13.2 Å². The summed E-state index contributed by atoms with van der Waals surface area (Å²) < 4.78 is 86.3. The second-order valence-electron chi connectivity index (χ2n) is 7.08. The molecule has 0 heterocycles. The van der Waals surface area contributed by atoms with Crippen LogP contribution in [0.15, 0.2) is 42.5 Å². The number of hydrogen-bond acceptors (Lipinski definition) is 5. The number of rotatable bonds is 8. The van der Waals surface area contributed by atoms with Crippen LogP contribution in [0.4, 0.5) is 26.3 Å². The van der Waals surface area contributed by atoms with Crippen molar-refractivity contribution in [3.8, 4) is 11.5 Å². The molecule has 2 rings (SSSR count). The van der Waals surface area contributed by atoms with Crippen LogP contribution in [0, 0.1) is 0 Å². The molecule has 5 N–H and O–H groups in total. The van der Waals surface area contributed by atoms with Crippen LogP contribution < -0.4 is 26.3 Å². The van der Waals surface area contributed by atoms with E-state index in [1.165, 1.54) is 13.0 Å². The number of nitrogens with one attached hydrogen (secondary N) is 1. The minimum atomic E-state index is -4.91. The zero-order valence-corrected chi connectivity index (χ0v) is 18.8. The second-order valence-corrected chi connectivity index (χ2v) is 7.96. The number of thiocarbonyl (C=S) groups is 2. The smallest absolute Gasteiger partial charge is 0.490 e. The molecule has 2 aromatic carbocycles. The molecule has 0 bridgehead atoms. The van der Waals surface area contributed by atoms with Crippen molar-refractivity contribution >= 4 is 40.3 Å². The highest BCUT2D eigenvalue weighted by atomic mass is 32.1. The quantitative estimate of drug-likeness (QED) is 0.353. The molecule has 0 radical (unpaired) electrons. The summed E-state index contributed by atoms with van der Waals surface area (Å²) in [5.74, 6) is -1.96. The maximum atomic E-state index is 13.5. The molecule has 0 saturated heterocycles. The van der Waals surface area contributed by atoms with Crippen LogP contribution in [0.3, 0.4) is 0 Å². The summed E-state index contributed by atoms with van der Waals surface area (Å²) in [7, 11) is 0. The maximum absolute atomic E-state index is 13.5. The van der Waals surface area contributed by atoms with E-state index in [1.807, 2.05) is 0 Å². The van der Waals surface area contributed by atoms with Gasteiger partial charge in [-0.1, -0.05) is 24.4 Å². The molecular formula is C20H17F6N3O3S2. The number of hydrogen-bond donors (Lipinski definition) is 3. The van der Waals surface area contributed by atoms with Gasteiger partial charge in [-0.25, -0.2) is 0 Å². The largest absolute Gasteiger partial charge is 0.573 e. The van der Waals surface area contributed by atoms with Crippen LogP contribution in [0.1, 0.15) is 28.4 Å². The van der Waals surface area contributed by atoms with Crippen molar-refractivity contribution in [2.75, 3.05) is 6.61 Å². The van der Waals surface area contributed by atoms with E-state index in [9.17, 15) is 31.1 Å². The molecule has 14 heteroatoms. The lowest BCUT2D eigenvalue weighted by Crippen LogP contribution is -2.58. The number of ether oxygens (including phenoxy) is 2. The Morgan fingerprint density at radius 2 is 1.53 bits per heavy atom. The topological polar surface area (TPSA) is 99.6 Å². The molecule has 0 unspecified atom stereocenters. The van der Waals surface area contributed by atoms with Gasteiger partial charge in [0.1, 0.15) is 33.6 Å². The highest BCUT2D eigenvalue weighted by Crippen LogP contribution is 2.37. The van der Waals surface area contributed by atoms with Crippen LogP contribution in [0.25, 0.3) is 0 Å². The molecular weight excluding hydrogens is 508 g/mol. The SMILES string of the molecule is C[C@@](COc1ccc(C(N)=S)cc1C(F)(F)F)(NC(=O)c1ccc(OC(F)(F)F)cc1)C(N)=S. The third-order valence-electron chi connectivity index (χ3n) is 4.37. The summed E-state index contributed by atoms with van der Waals surface area (Å²) in [5, 5.41) is 2.42. The molecule has 0 aliphatic rings. The number of nitrogens with two attached hydrogens (primary N) is 2. The minimum absolute atomic E-state index is 0.0296. The summed E-state index contributed by atoms with van der Waals surface area (Å²) in [4.78, 5) is 12.0. The number of alkyl halides is 6. The van der Waals surface area contributed by atoms with Gasteiger partial charge in [0.15, 0.2) is 0 Å². The summed E-state index contributed by atoms with van der Waals surface area (Å²) in [6.07, 6.45) is -9.72. The molecule has 34 heavy (non-hydrogen) atoms. The Balaban J connectivity index is 2.22. The van der Waals surface area contributed by atoms with Gasteiger partial charge in [0, 0.05) is 11.1 Å². The number of halogens is 6. The van der Waals surface area contributed by atoms with E-state index >= 15 is 0 Å². The lowest BCUT2D eigenvalue weighted by molar-refractivity contribution is -0.274. The van der Waals surface area contributed by atoms with E-state index in [0.29, 0.717) is 0 Å². The first-order valence-electron chi connectivity index (χ1n) is 9.14. The maximum Gasteiger partial charge on any atom is 0.573 e. The van der Waals surface area contributed by atoms with Gasteiger partial charge in [-0.2, -0.15) is 13.2 Å². The fourth-order valence-electron chi connectivity index (χ4n) is 2.55. The molecule has 6 nitrogen and oxygen atoms in total. The van der Waals surface area contributed by atoms with E-state index in [-0.39, 0.29) is 21.1 Å². The molecule has 1 atom stereocenters. The van der Waals surface area contributed by atoms with Crippen molar-refractivity contribution in [1.82, 2.24) is 5.32 Å². The van der Waals surface area contributed by atoms with Gasteiger partial charge in [-0.3, -0.25) is 4.79 Å². The van der Waals surface area contributed by atoms with Crippen molar-refractivity contribution in [2.24, 2.45) is 11.5 Å². The molecule has 2 aromatic rings. The number of carbonyl (C=O) groups is 1. The van der Waals surface area contributed by atoms with Crippen molar-refractivity contribution in [1.29, 1.82) is 0 Å². The predicted octanol–water partition coefficient (Wildman–Crippen LogP) is 4.09. The number of benzene rings is 2. The molecule has 0 saturated carbocycles. The Morgan fingerprint density at radius 1 is 0.971 bits per heavy atom. The first-order chi connectivity index (χ1) is 15.5. The minimum Gasteiger partial charge on any atom is -0.490 e. The fourth-order valence-corrected chi connectivity index (χ4v) is 2.79. The molecule has 1 amide bonds. The zero-order chi connectivity index (χ0) is 25.9. The van der Waals surface area contributed by atoms with Gasteiger partial charge >= 0.3 is 12.5 Å². The molecule has 0 aliphatic carbocycles. The number of carbonyl (C=O) groups excluding carboxylic acids is 1. The highest BCUT2D eigenvalue weighted by Gasteiger charge is 2.37. The van der Waals surface area contributed by atoms with Crippen molar-refractivity contribution in [3.05, 3.63) is 59.2 Å². The third-order valence-corrected chi connectivity index (χ3v) is 5.06. The van der Waals surface area contributed by atoms with Crippen LogP contribution in [-0.2, 0) is 6.18 Å². The van der Waals surface area contributed by atoms with Crippen molar-refractivity contribution < 1.29 is 40.6 Å². The van der Waals surface area contributed by atoms with Gasteiger partial charge in [0.2, 0.25) is 0 Å². The Bertz CT molecular complexity index is 1090. The fraction of sp³-hybridized carbons (Fsp3) is 0.250. The zero-order valence-electron chi connectivity index (χ0n) is 17.2. The number of amides is 1. The molecule has 184 valence electrons.